The lowest BCUT2D eigenvalue weighted by atomic mass is 9.92. The van der Waals surface area contributed by atoms with Crippen LogP contribution in [0, 0.1) is 5.92 Å². The Morgan fingerprint density at radius 2 is 1.96 bits per heavy atom. The van der Waals surface area contributed by atoms with Crippen LogP contribution in [0.3, 0.4) is 0 Å². The van der Waals surface area contributed by atoms with E-state index in [-0.39, 0.29) is 18.4 Å². The molecule has 2 aliphatic heterocycles. The van der Waals surface area contributed by atoms with Gasteiger partial charge in [0.05, 0.1) is 17.5 Å². The predicted octanol–water partition coefficient (Wildman–Crippen LogP) is -0.980. The van der Waals surface area contributed by atoms with Gasteiger partial charge in [-0.1, -0.05) is 0 Å². The maximum Gasteiger partial charge on any atom is 0.237 e. The van der Waals surface area contributed by atoms with Gasteiger partial charge in [0, 0.05) is 6.61 Å². The van der Waals surface area contributed by atoms with Crippen molar-refractivity contribution >= 4 is 29.3 Å². The van der Waals surface area contributed by atoms with E-state index in [0.29, 0.717) is 13.0 Å². The summed E-state index contributed by atoms with van der Waals surface area (Å²) in [6.45, 7) is 2.42. The summed E-state index contributed by atoms with van der Waals surface area (Å²) in [7, 11) is 0. The Balaban J connectivity index is 2.07. The maximum atomic E-state index is 12.8. The number of ether oxygens (including phenoxy) is 1. The van der Waals surface area contributed by atoms with E-state index >= 15 is 0 Å². The highest BCUT2D eigenvalue weighted by Gasteiger charge is 2.48. The third-order valence-corrected chi connectivity index (χ3v) is 6.50. The quantitative estimate of drug-likeness (QED) is 0.299. The molecule has 0 bridgehead atoms. The van der Waals surface area contributed by atoms with Crippen molar-refractivity contribution in [2.75, 3.05) is 19.4 Å². The van der Waals surface area contributed by atoms with Crippen LogP contribution in [0.15, 0.2) is 0 Å². The zero-order valence-corrected chi connectivity index (χ0v) is 17.2. The highest BCUT2D eigenvalue weighted by Crippen LogP contribution is 2.30. The fourth-order valence-corrected chi connectivity index (χ4v) is 4.49. The first-order valence-electron chi connectivity index (χ1n) is 9.31. The summed E-state index contributed by atoms with van der Waals surface area (Å²) in [5.74, 6) is -0.0799. The van der Waals surface area contributed by atoms with E-state index in [4.69, 9.17) is 16.3 Å². The average Bonchev–Trinajstić information content (AvgIpc) is 2.90. The summed E-state index contributed by atoms with van der Waals surface area (Å²) in [6.07, 6.45) is -1.10. The normalized spacial score (nSPS) is 40.0. The molecule has 0 aromatic rings. The van der Waals surface area contributed by atoms with E-state index in [1.165, 1.54) is 11.8 Å². The van der Waals surface area contributed by atoms with Gasteiger partial charge in [-0.3, -0.25) is 4.79 Å². The van der Waals surface area contributed by atoms with E-state index in [0.717, 1.165) is 12.8 Å². The van der Waals surface area contributed by atoms with Gasteiger partial charge in [-0.2, -0.15) is 0 Å². The average molecular weight is 427 g/mol. The third kappa shape index (κ3) is 5.70. The Bertz CT molecular complexity index is 486. The Hall–Kier alpha value is -0.130. The summed E-state index contributed by atoms with van der Waals surface area (Å²) in [6, 6.07) is -1.17. The second kappa shape index (κ2) is 10.6. The number of nitrogens with one attached hydrogen (secondary N) is 2. The van der Waals surface area contributed by atoms with Crippen molar-refractivity contribution in [3.8, 4) is 0 Å². The van der Waals surface area contributed by atoms with Gasteiger partial charge in [0.2, 0.25) is 5.91 Å². The Kier molecular flexibility index (Phi) is 9.08. The summed E-state index contributed by atoms with van der Waals surface area (Å²) in [4.78, 5) is 12.8. The summed E-state index contributed by atoms with van der Waals surface area (Å²) in [5.41, 5.74) is -0.732. The Labute approximate surface area is 169 Å². The van der Waals surface area contributed by atoms with Crippen molar-refractivity contribution < 1.29 is 30.0 Å². The number of hydrogen-bond acceptors (Lipinski definition) is 8. The predicted molar refractivity (Wildman–Crippen MR) is 104 cm³/mol. The monoisotopic (exact) mass is 426 g/mol. The molecule has 2 saturated heterocycles. The van der Waals surface area contributed by atoms with Gasteiger partial charge in [-0.25, -0.2) is 0 Å². The van der Waals surface area contributed by atoms with Gasteiger partial charge < -0.3 is 35.8 Å². The molecule has 0 saturated carbocycles. The molecule has 0 aromatic carbocycles. The molecule has 2 fully saturated rings. The molecule has 2 rings (SSSR count). The highest BCUT2D eigenvalue weighted by atomic mass is 35.5. The second-order valence-electron chi connectivity index (χ2n) is 7.31. The Morgan fingerprint density at radius 1 is 1.26 bits per heavy atom. The first-order valence-corrected chi connectivity index (χ1v) is 11.0. The van der Waals surface area contributed by atoms with Crippen LogP contribution in [-0.4, -0.2) is 93.1 Å². The number of carbonyl (C=O) groups is 1. The van der Waals surface area contributed by atoms with E-state index < -0.39 is 47.3 Å². The number of rotatable bonds is 6. The molecule has 0 aliphatic carbocycles. The van der Waals surface area contributed by atoms with E-state index in [2.05, 4.69) is 10.6 Å². The van der Waals surface area contributed by atoms with Crippen LogP contribution in [0.25, 0.3) is 0 Å². The van der Waals surface area contributed by atoms with Crippen molar-refractivity contribution in [3.05, 3.63) is 0 Å². The number of thioether (sulfide) groups is 1. The third-order valence-electron chi connectivity index (χ3n) is 5.38. The van der Waals surface area contributed by atoms with Crippen molar-refractivity contribution in [2.24, 2.45) is 5.92 Å². The fraction of sp³-hybridized carbons (Fsp3) is 0.941. The molecule has 0 spiro atoms. The Morgan fingerprint density at radius 3 is 2.56 bits per heavy atom. The maximum absolute atomic E-state index is 12.8. The minimum atomic E-state index is -1.39. The second-order valence-corrected chi connectivity index (χ2v) is 8.93. The number of alkyl halides is 1. The first-order chi connectivity index (χ1) is 12.8. The minimum Gasteiger partial charge on any atom is -0.396 e. The minimum absolute atomic E-state index is 0.107. The number of hydrogen-bond donors (Lipinski definition) is 6. The van der Waals surface area contributed by atoms with Gasteiger partial charge in [-0.05, 0) is 44.9 Å². The van der Waals surface area contributed by atoms with Crippen LogP contribution in [0.1, 0.15) is 26.2 Å². The molecule has 27 heavy (non-hydrogen) atoms. The lowest BCUT2D eigenvalue weighted by molar-refractivity contribution is -0.205. The SMILES string of the molecule is CSC1OC(C(NC(=O)C2CCC(CO)CCN2)C(C)Cl)C(O)C(O)C1O. The molecule has 6 N–H and O–H groups in total. The van der Waals surface area contributed by atoms with Crippen LogP contribution in [-0.2, 0) is 9.53 Å². The number of aliphatic hydroxyl groups excluding tert-OH is 4. The molecule has 1 amide bonds. The van der Waals surface area contributed by atoms with Gasteiger partial charge in [0.1, 0.15) is 29.9 Å². The molecule has 9 atom stereocenters. The van der Waals surface area contributed by atoms with Crippen LogP contribution in [0.4, 0.5) is 0 Å². The summed E-state index contributed by atoms with van der Waals surface area (Å²) >= 11 is 7.48. The van der Waals surface area contributed by atoms with Gasteiger partial charge in [-0.15, -0.1) is 23.4 Å². The van der Waals surface area contributed by atoms with Crippen molar-refractivity contribution in [2.45, 2.75) is 73.5 Å². The van der Waals surface area contributed by atoms with E-state index in [1.54, 1.807) is 13.2 Å². The molecular weight excluding hydrogens is 396 g/mol. The van der Waals surface area contributed by atoms with Gasteiger partial charge in [0.15, 0.2) is 0 Å². The zero-order chi connectivity index (χ0) is 20.1. The number of amides is 1. The molecule has 0 aromatic heterocycles. The lowest BCUT2D eigenvalue weighted by Crippen LogP contribution is -2.65. The topological polar surface area (TPSA) is 131 Å². The van der Waals surface area contributed by atoms with Crippen LogP contribution in [0.5, 0.6) is 0 Å². The van der Waals surface area contributed by atoms with Gasteiger partial charge >= 0.3 is 0 Å². The van der Waals surface area contributed by atoms with Crippen molar-refractivity contribution in [1.29, 1.82) is 0 Å². The molecule has 158 valence electrons. The molecule has 2 heterocycles. The molecule has 8 nitrogen and oxygen atoms in total. The summed E-state index contributed by atoms with van der Waals surface area (Å²) in [5, 5.41) is 45.3. The number of carbonyl (C=O) groups excluding carboxylic acids is 1. The van der Waals surface area contributed by atoms with Crippen LogP contribution >= 0.6 is 23.4 Å². The molecular formula is C17H31ClN2O6S. The smallest absolute Gasteiger partial charge is 0.237 e. The van der Waals surface area contributed by atoms with Crippen LogP contribution < -0.4 is 10.6 Å². The number of aliphatic hydroxyl groups is 4. The van der Waals surface area contributed by atoms with E-state index in [1.807, 2.05) is 0 Å². The molecule has 9 unspecified atom stereocenters. The fourth-order valence-electron chi connectivity index (χ4n) is 3.61. The zero-order valence-electron chi connectivity index (χ0n) is 15.6. The molecule has 10 heteroatoms. The number of halogens is 1. The molecule has 0 radical (unpaired) electrons. The van der Waals surface area contributed by atoms with E-state index in [9.17, 15) is 25.2 Å². The standard InChI is InChI=1S/C17H31ClN2O6S/c1-8(18)11(15-13(23)12(22)14(24)17(26-15)27-2)20-16(25)10-4-3-9(7-21)5-6-19-10/h8-15,17,19,21-24H,3-7H2,1-2H3,(H,20,25). The van der Waals surface area contributed by atoms with Crippen molar-refractivity contribution in [3.63, 3.8) is 0 Å². The highest BCUT2D eigenvalue weighted by molar-refractivity contribution is 7.99. The first kappa shape index (κ1) is 23.2. The van der Waals surface area contributed by atoms with Crippen LogP contribution in [0.2, 0.25) is 0 Å². The van der Waals surface area contributed by atoms with Gasteiger partial charge in [0.25, 0.3) is 0 Å². The lowest BCUT2D eigenvalue weighted by Gasteiger charge is -2.44. The largest absolute Gasteiger partial charge is 0.396 e. The van der Waals surface area contributed by atoms with Crippen molar-refractivity contribution in [1.82, 2.24) is 10.6 Å². The molecule has 2 aliphatic rings. The summed E-state index contributed by atoms with van der Waals surface area (Å²) < 4.78 is 5.75.